The zero-order valence-electron chi connectivity index (χ0n) is 14.8. The van der Waals surface area contributed by atoms with Crippen molar-refractivity contribution in [1.82, 2.24) is 19.7 Å². The molecule has 6 heteroatoms. The molecule has 1 N–H and O–H groups in total. The standard InChI is InChI=1S/C19H22FN5/c1-4-17-18(20)19(23-12-22-17)21-10-16-13(2)24-25(14(16)3)11-15-8-6-5-7-9-15/h5-9,12H,4,10-11H2,1-3H3,(H,21,22,23). The highest BCUT2D eigenvalue weighted by Gasteiger charge is 2.14. The third-order valence-electron chi connectivity index (χ3n) is 4.34. The maximum absolute atomic E-state index is 14.3. The van der Waals surface area contributed by atoms with Crippen molar-refractivity contribution in [2.45, 2.75) is 40.3 Å². The molecule has 5 nitrogen and oxygen atoms in total. The Morgan fingerprint density at radius 2 is 1.88 bits per heavy atom. The molecule has 25 heavy (non-hydrogen) atoms. The molecule has 0 atom stereocenters. The minimum atomic E-state index is -0.378. The van der Waals surface area contributed by atoms with Crippen LogP contribution in [0.1, 0.15) is 35.1 Å². The fourth-order valence-electron chi connectivity index (χ4n) is 2.85. The average Bonchev–Trinajstić information content (AvgIpc) is 2.88. The molecule has 2 heterocycles. The van der Waals surface area contributed by atoms with Crippen molar-refractivity contribution in [3.8, 4) is 0 Å². The van der Waals surface area contributed by atoms with Gasteiger partial charge in [0, 0.05) is 17.8 Å². The van der Waals surface area contributed by atoms with Crippen molar-refractivity contribution in [2.24, 2.45) is 0 Å². The van der Waals surface area contributed by atoms with Gasteiger partial charge in [-0.25, -0.2) is 14.4 Å². The highest BCUT2D eigenvalue weighted by Crippen LogP contribution is 2.18. The summed E-state index contributed by atoms with van der Waals surface area (Å²) in [6, 6.07) is 10.2. The molecule has 0 aliphatic carbocycles. The highest BCUT2D eigenvalue weighted by molar-refractivity contribution is 5.39. The van der Waals surface area contributed by atoms with E-state index in [2.05, 4.69) is 32.5 Å². The van der Waals surface area contributed by atoms with Gasteiger partial charge in [-0.1, -0.05) is 37.3 Å². The summed E-state index contributed by atoms with van der Waals surface area (Å²) in [6.07, 6.45) is 1.93. The summed E-state index contributed by atoms with van der Waals surface area (Å²) in [4.78, 5) is 7.97. The van der Waals surface area contributed by atoms with Crippen molar-refractivity contribution in [1.29, 1.82) is 0 Å². The van der Waals surface area contributed by atoms with Crippen LogP contribution in [0.3, 0.4) is 0 Å². The summed E-state index contributed by atoms with van der Waals surface area (Å²) in [6.45, 7) is 7.07. The van der Waals surface area contributed by atoms with Gasteiger partial charge in [0.1, 0.15) is 6.33 Å². The summed E-state index contributed by atoms with van der Waals surface area (Å²) in [5.41, 5.74) is 4.69. The number of halogens is 1. The second-order valence-electron chi connectivity index (χ2n) is 5.98. The number of aryl methyl sites for hydroxylation is 2. The van der Waals surface area contributed by atoms with E-state index in [9.17, 15) is 4.39 Å². The number of hydrogen-bond donors (Lipinski definition) is 1. The molecule has 0 bridgehead atoms. The Morgan fingerprint density at radius 1 is 1.12 bits per heavy atom. The Labute approximate surface area is 146 Å². The van der Waals surface area contributed by atoms with E-state index in [1.54, 1.807) is 0 Å². The number of benzene rings is 1. The van der Waals surface area contributed by atoms with Gasteiger partial charge in [-0.2, -0.15) is 5.10 Å². The molecule has 1 aromatic carbocycles. The van der Waals surface area contributed by atoms with Crippen molar-refractivity contribution < 1.29 is 4.39 Å². The van der Waals surface area contributed by atoms with Gasteiger partial charge in [-0.3, -0.25) is 4.68 Å². The Hall–Kier alpha value is -2.76. The molecule has 0 saturated carbocycles. The molecular formula is C19H22FN5. The highest BCUT2D eigenvalue weighted by atomic mass is 19.1. The maximum atomic E-state index is 14.3. The minimum Gasteiger partial charge on any atom is -0.363 e. The minimum absolute atomic E-state index is 0.237. The lowest BCUT2D eigenvalue weighted by atomic mass is 10.2. The van der Waals surface area contributed by atoms with Crippen LogP contribution in [0.4, 0.5) is 10.2 Å². The molecule has 0 radical (unpaired) electrons. The number of nitrogens with one attached hydrogen (secondary N) is 1. The van der Waals surface area contributed by atoms with Crippen LogP contribution in [0.2, 0.25) is 0 Å². The lowest BCUT2D eigenvalue weighted by Crippen LogP contribution is -2.08. The SMILES string of the molecule is CCc1ncnc(NCc2c(C)nn(Cc3ccccc3)c2C)c1F. The van der Waals surface area contributed by atoms with Gasteiger partial charge in [0.05, 0.1) is 17.9 Å². The van der Waals surface area contributed by atoms with E-state index in [0.29, 0.717) is 18.7 Å². The molecular weight excluding hydrogens is 317 g/mol. The van der Waals surface area contributed by atoms with Crippen LogP contribution in [-0.4, -0.2) is 19.7 Å². The van der Waals surface area contributed by atoms with E-state index in [1.807, 2.05) is 43.7 Å². The zero-order chi connectivity index (χ0) is 17.8. The monoisotopic (exact) mass is 339 g/mol. The second-order valence-corrected chi connectivity index (χ2v) is 5.98. The number of aromatic nitrogens is 4. The molecule has 0 fully saturated rings. The number of nitrogens with zero attached hydrogens (tertiary/aromatic N) is 4. The number of rotatable bonds is 6. The third kappa shape index (κ3) is 3.68. The number of hydrogen-bond acceptors (Lipinski definition) is 4. The number of anilines is 1. The first-order chi connectivity index (χ1) is 12.1. The first-order valence-electron chi connectivity index (χ1n) is 8.40. The zero-order valence-corrected chi connectivity index (χ0v) is 14.8. The molecule has 0 spiro atoms. The van der Waals surface area contributed by atoms with Crippen LogP contribution >= 0.6 is 0 Å². The average molecular weight is 339 g/mol. The van der Waals surface area contributed by atoms with Crippen LogP contribution in [-0.2, 0) is 19.5 Å². The molecule has 3 aromatic rings. The van der Waals surface area contributed by atoms with Crippen molar-refractivity contribution in [3.63, 3.8) is 0 Å². The van der Waals surface area contributed by atoms with Gasteiger partial charge < -0.3 is 5.32 Å². The van der Waals surface area contributed by atoms with Gasteiger partial charge in [0.15, 0.2) is 11.6 Å². The molecule has 2 aromatic heterocycles. The predicted molar refractivity (Wildman–Crippen MR) is 95.9 cm³/mol. The van der Waals surface area contributed by atoms with Gasteiger partial charge in [0.2, 0.25) is 0 Å². The summed E-state index contributed by atoms with van der Waals surface area (Å²) in [5, 5.41) is 7.71. The van der Waals surface area contributed by atoms with Crippen LogP contribution in [0, 0.1) is 19.7 Å². The summed E-state index contributed by atoms with van der Waals surface area (Å²) in [5.74, 6) is -0.140. The summed E-state index contributed by atoms with van der Waals surface area (Å²) < 4.78 is 16.2. The fraction of sp³-hybridized carbons (Fsp3) is 0.316. The van der Waals surface area contributed by atoms with Gasteiger partial charge >= 0.3 is 0 Å². The Bertz CT molecular complexity index is 858. The maximum Gasteiger partial charge on any atom is 0.186 e. The van der Waals surface area contributed by atoms with Crippen LogP contribution in [0.5, 0.6) is 0 Å². The van der Waals surface area contributed by atoms with Gasteiger partial charge in [-0.15, -0.1) is 0 Å². The predicted octanol–water partition coefficient (Wildman–Crippen LogP) is 3.65. The summed E-state index contributed by atoms with van der Waals surface area (Å²) in [7, 11) is 0. The molecule has 0 aliphatic rings. The first-order valence-corrected chi connectivity index (χ1v) is 8.40. The van der Waals surface area contributed by atoms with Gasteiger partial charge in [0.25, 0.3) is 0 Å². The second kappa shape index (κ2) is 7.42. The molecule has 130 valence electrons. The van der Waals surface area contributed by atoms with E-state index in [0.717, 1.165) is 23.5 Å². The quantitative estimate of drug-likeness (QED) is 0.745. The topological polar surface area (TPSA) is 55.6 Å². The van der Waals surface area contributed by atoms with E-state index in [1.165, 1.54) is 11.9 Å². The molecule has 0 aliphatic heterocycles. The van der Waals surface area contributed by atoms with Gasteiger partial charge in [-0.05, 0) is 25.8 Å². The third-order valence-corrected chi connectivity index (χ3v) is 4.34. The molecule has 0 amide bonds. The fourth-order valence-corrected chi connectivity index (χ4v) is 2.85. The van der Waals surface area contributed by atoms with Crippen LogP contribution in [0.25, 0.3) is 0 Å². The normalized spacial score (nSPS) is 10.9. The van der Waals surface area contributed by atoms with Crippen molar-refractivity contribution in [2.75, 3.05) is 5.32 Å². The van der Waals surface area contributed by atoms with E-state index in [-0.39, 0.29) is 11.6 Å². The molecule has 3 rings (SSSR count). The smallest absolute Gasteiger partial charge is 0.186 e. The largest absolute Gasteiger partial charge is 0.363 e. The lowest BCUT2D eigenvalue weighted by molar-refractivity contribution is 0.596. The Morgan fingerprint density at radius 3 is 2.60 bits per heavy atom. The summed E-state index contributed by atoms with van der Waals surface area (Å²) >= 11 is 0. The first kappa shape index (κ1) is 17.1. The van der Waals surface area contributed by atoms with Crippen LogP contribution < -0.4 is 5.32 Å². The van der Waals surface area contributed by atoms with Crippen LogP contribution in [0.15, 0.2) is 36.7 Å². The van der Waals surface area contributed by atoms with Crippen molar-refractivity contribution >= 4 is 5.82 Å². The Kier molecular flexibility index (Phi) is 5.07. The molecule has 0 saturated heterocycles. The lowest BCUT2D eigenvalue weighted by Gasteiger charge is -2.09. The van der Waals surface area contributed by atoms with E-state index >= 15 is 0 Å². The van der Waals surface area contributed by atoms with Crippen molar-refractivity contribution in [3.05, 3.63) is 70.7 Å². The van der Waals surface area contributed by atoms with E-state index < -0.39 is 0 Å². The van der Waals surface area contributed by atoms with E-state index in [4.69, 9.17) is 0 Å². The molecule has 0 unspecified atom stereocenters. The Balaban J connectivity index is 1.77.